The number of benzene rings is 1. The van der Waals surface area contributed by atoms with Gasteiger partial charge in [0.05, 0.1) is 6.10 Å². The summed E-state index contributed by atoms with van der Waals surface area (Å²) >= 11 is 0. The van der Waals surface area contributed by atoms with Crippen LogP contribution < -0.4 is 5.32 Å². The average molecular weight is 247 g/mol. The van der Waals surface area contributed by atoms with Crippen LogP contribution in [-0.2, 0) is 0 Å². The summed E-state index contributed by atoms with van der Waals surface area (Å²) in [4.78, 5) is 0. The van der Waals surface area contributed by atoms with Gasteiger partial charge in [0.1, 0.15) is 0 Å². The molecule has 1 atom stereocenters. The molecule has 1 fully saturated rings. The van der Waals surface area contributed by atoms with Crippen molar-refractivity contribution in [1.29, 1.82) is 0 Å². The second-order valence-corrected chi connectivity index (χ2v) is 5.74. The summed E-state index contributed by atoms with van der Waals surface area (Å²) in [6.45, 7) is 4.88. The van der Waals surface area contributed by atoms with Crippen LogP contribution in [0.2, 0.25) is 0 Å². The summed E-state index contributed by atoms with van der Waals surface area (Å²) < 4.78 is 0. The zero-order valence-corrected chi connectivity index (χ0v) is 11.6. The fourth-order valence-corrected chi connectivity index (χ4v) is 2.95. The van der Waals surface area contributed by atoms with Crippen LogP contribution in [0.3, 0.4) is 0 Å². The lowest BCUT2D eigenvalue weighted by atomic mass is 10.00. The minimum absolute atomic E-state index is 0.214. The van der Waals surface area contributed by atoms with Crippen LogP contribution in [0.4, 0.5) is 5.69 Å². The first-order chi connectivity index (χ1) is 8.65. The summed E-state index contributed by atoms with van der Waals surface area (Å²) in [5.74, 6) is 0.751. The van der Waals surface area contributed by atoms with Gasteiger partial charge in [-0.25, -0.2) is 0 Å². The highest BCUT2D eigenvalue weighted by Crippen LogP contribution is 2.28. The number of hydrogen-bond donors (Lipinski definition) is 2. The number of aliphatic hydroxyl groups excluding tert-OH is 1. The lowest BCUT2D eigenvalue weighted by Gasteiger charge is -2.17. The van der Waals surface area contributed by atoms with Crippen LogP contribution in [0.15, 0.2) is 18.2 Å². The van der Waals surface area contributed by atoms with Crippen molar-refractivity contribution in [2.24, 2.45) is 5.92 Å². The zero-order valence-electron chi connectivity index (χ0n) is 11.6. The normalized spacial score (nSPS) is 17.9. The largest absolute Gasteiger partial charge is 0.391 e. The molecule has 18 heavy (non-hydrogen) atoms. The number of anilines is 1. The maximum Gasteiger partial charge on any atom is 0.0715 e. The molecule has 0 amide bonds. The second kappa shape index (κ2) is 6.24. The molecule has 1 aromatic rings. The van der Waals surface area contributed by atoms with Gasteiger partial charge in [-0.05, 0) is 37.8 Å². The van der Waals surface area contributed by atoms with Gasteiger partial charge in [0.2, 0.25) is 0 Å². The third-order valence-electron chi connectivity index (χ3n) is 3.99. The molecule has 1 aromatic carbocycles. The SMILES string of the molecule is Cc1ccc(NCC(O)CC2CCCC2)c(C)c1. The van der Waals surface area contributed by atoms with E-state index in [1.807, 2.05) is 0 Å². The number of rotatable bonds is 5. The van der Waals surface area contributed by atoms with E-state index in [9.17, 15) is 5.11 Å². The quantitative estimate of drug-likeness (QED) is 0.832. The lowest BCUT2D eigenvalue weighted by molar-refractivity contribution is 0.155. The van der Waals surface area contributed by atoms with Crippen LogP contribution >= 0.6 is 0 Å². The van der Waals surface area contributed by atoms with Gasteiger partial charge >= 0.3 is 0 Å². The first kappa shape index (κ1) is 13.4. The van der Waals surface area contributed by atoms with Crippen LogP contribution in [-0.4, -0.2) is 17.8 Å². The molecule has 2 heteroatoms. The molecule has 2 rings (SSSR count). The topological polar surface area (TPSA) is 32.3 Å². The Labute approximate surface area is 110 Å². The Kier molecular flexibility index (Phi) is 4.65. The van der Waals surface area contributed by atoms with Crippen LogP contribution in [0.1, 0.15) is 43.2 Å². The fourth-order valence-electron chi connectivity index (χ4n) is 2.95. The molecule has 0 heterocycles. The predicted molar refractivity (Wildman–Crippen MR) is 77.0 cm³/mol. The molecule has 0 aliphatic heterocycles. The van der Waals surface area contributed by atoms with Crippen LogP contribution in [0.25, 0.3) is 0 Å². The molecule has 1 aliphatic rings. The van der Waals surface area contributed by atoms with Crippen molar-refractivity contribution < 1.29 is 5.11 Å². The van der Waals surface area contributed by atoms with Gasteiger partial charge in [0, 0.05) is 12.2 Å². The van der Waals surface area contributed by atoms with Crippen molar-refractivity contribution in [3.63, 3.8) is 0 Å². The molecule has 0 spiro atoms. The van der Waals surface area contributed by atoms with Crippen molar-refractivity contribution in [3.05, 3.63) is 29.3 Å². The molecule has 1 aliphatic carbocycles. The Morgan fingerprint density at radius 1 is 1.28 bits per heavy atom. The molecule has 100 valence electrons. The maximum atomic E-state index is 10.1. The van der Waals surface area contributed by atoms with E-state index >= 15 is 0 Å². The minimum atomic E-state index is -0.214. The summed E-state index contributed by atoms with van der Waals surface area (Å²) in [6, 6.07) is 6.39. The molecule has 0 bridgehead atoms. The van der Waals surface area contributed by atoms with Crippen LogP contribution in [0.5, 0.6) is 0 Å². The van der Waals surface area contributed by atoms with E-state index < -0.39 is 0 Å². The highest BCUT2D eigenvalue weighted by atomic mass is 16.3. The van der Waals surface area contributed by atoms with E-state index in [1.165, 1.54) is 36.8 Å². The van der Waals surface area contributed by atoms with Crippen LogP contribution in [0, 0.1) is 19.8 Å². The lowest BCUT2D eigenvalue weighted by Crippen LogP contribution is -2.22. The van der Waals surface area contributed by atoms with Crippen molar-refractivity contribution in [2.45, 2.75) is 52.1 Å². The van der Waals surface area contributed by atoms with Gasteiger partial charge in [-0.1, -0.05) is 43.4 Å². The summed E-state index contributed by atoms with van der Waals surface area (Å²) in [5.41, 5.74) is 3.68. The smallest absolute Gasteiger partial charge is 0.0715 e. The van der Waals surface area contributed by atoms with Gasteiger partial charge in [-0.15, -0.1) is 0 Å². The van der Waals surface area contributed by atoms with E-state index in [0.717, 1.165) is 18.0 Å². The third-order valence-corrected chi connectivity index (χ3v) is 3.99. The van der Waals surface area contributed by atoms with E-state index in [4.69, 9.17) is 0 Å². The Bertz CT molecular complexity index is 383. The third kappa shape index (κ3) is 3.74. The molecule has 0 radical (unpaired) electrons. The van der Waals surface area contributed by atoms with Crippen molar-refractivity contribution in [2.75, 3.05) is 11.9 Å². The standard InChI is InChI=1S/C16H25NO/c1-12-7-8-16(13(2)9-12)17-11-15(18)10-14-5-3-4-6-14/h7-9,14-15,17-18H,3-6,10-11H2,1-2H3. The number of aryl methyl sites for hydroxylation is 2. The number of nitrogens with one attached hydrogen (secondary N) is 1. The molecule has 0 aromatic heterocycles. The molecule has 2 N–H and O–H groups in total. The van der Waals surface area contributed by atoms with E-state index in [-0.39, 0.29) is 6.10 Å². The summed E-state index contributed by atoms with van der Waals surface area (Å²) in [5, 5.41) is 13.4. The maximum absolute atomic E-state index is 10.1. The Morgan fingerprint density at radius 2 is 2.00 bits per heavy atom. The average Bonchev–Trinajstić information content (AvgIpc) is 2.80. The highest BCUT2D eigenvalue weighted by Gasteiger charge is 2.18. The molecular formula is C16H25NO. The second-order valence-electron chi connectivity index (χ2n) is 5.74. The fraction of sp³-hybridized carbons (Fsp3) is 0.625. The van der Waals surface area contributed by atoms with Gasteiger partial charge in [0.25, 0.3) is 0 Å². The highest BCUT2D eigenvalue weighted by molar-refractivity contribution is 5.51. The minimum Gasteiger partial charge on any atom is -0.391 e. The van der Waals surface area contributed by atoms with Crippen molar-refractivity contribution >= 4 is 5.69 Å². The molecular weight excluding hydrogens is 222 g/mol. The molecule has 1 saturated carbocycles. The van der Waals surface area contributed by atoms with E-state index in [0.29, 0.717) is 6.54 Å². The van der Waals surface area contributed by atoms with Gasteiger partial charge in [-0.3, -0.25) is 0 Å². The van der Waals surface area contributed by atoms with Crippen molar-refractivity contribution in [3.8, 4) is 0 Å². The van der Waals surface area contributed by atoms with Gasteiger partial charge < -0.3 is 10.4 Å². The Hall–Kier alpha value is -1.02. The first-order valence-corrected chi connectivity index (χ1v) is 7.14. The zero-order chi connectivity index (χ0) is 13.0. The first-order valence-electron chi connectivity index (χ1n) is 7.14. The summed E-state index contributed by atoms with van der Waals surface area (Å²) in [7, 11) is 0. The van der Waals surface area contributed by atoms with Crippen molar-refractivity contribution in [1.82, 2.24) is 0 Å². The van der Waals surface area contributed by atoms with Gasteiger partial charge in [0.15, 0.2) is 0 Å². The van der Waals surface area contributed by atoms with E-state index in [2.05, 4.69) is 37.4 Å². The number of hydrogen-bond acceptors (Lipinski definition) is 2. The van der Waals surface area contributed by atoms with Gasteiger partial charge in [-0.2, -0.15) is 0 Å². The number of aliphatic hydroxyl groups is 1. The Balaban J connectivity index is 1.79. The molecule has 1 unspecified atom stereocenters. The Morgan fingerprint density at radius 3 is 2.67 bits per heavy atom. The summed E-state index contributed by atoms with van der Waals surface area (Å²) in [6.07, 6.45) is 6.05. The monoisotopic (exact) mass is 247 g/mol. The van der Waals surface area contributed by atoms with E-state index in [1.54, 1.807) is 0 Å². The molecule has 2 nitrogen and oxygen atoms in total. The predicted octanol–water partition coefficient (Wildman–Crippen LogP) is 3.66. The molecule has 0 saturated heterocycles.